The van der Waals surface area contributed by atoms with Crippen molar-refractivity contribution in [1.29, 1.82) is 0 Å². The van der Waals surface area contributed by atoms with Crippen LogP contribution in [-0.4, -0.2) is 18.5 Å². The molecule has 0 aliphatic rings. The van der Waals surface area contributed by atoms with E-state index in [4.69, 9.17) is 0 Å². The van der Waals surface area contributed by atoms with Crippen molar-refractivity contribution in [2.75, 3.05) is 18.5 Å². The maximum absolute atomic E-state index is 2.31. The Labute approximate surface area is 105 Å². The Kier molecular flexibility index (Phi) is 17.5. The first-order valence-corrected chi connectivity index (χ1v) is 7.97. The molecule has 0 nitrogen and oxygen atoms in total. The normalized spacial score (nSPS) is 10.3. The third kappa shape index (κ3) is 11.1. The monoisotopic (exact) mass is 305 g/mol. The van der Waals surface area contributed by atoms with Crippen LogP contribution in [0.5, 0.6) is 0 Å². The predicted molar refractivity (Wildman–Crippen MR) is 66.2 cm³/mol. The second-order valence-electron chi connectivity index (χ2n) is 3.90. The predicted octanol–water partition coefficient (Wildman–Crippen LogP) is 4.87. The van der Waals surface area contributed by atoms with Crippen molar-refractivity contribution in [3.63, 3.8) is 0 Å². The maximum Gasteiger partial charge on any atom is 0 e. The molecule has 0 rings (SSSR count). The minimum atomic E-state index is 0. The SMILES string of the molecule is CCCCP(CCCC)CCCC.[Rh]. The van der Waals surface area contributed by atoms with Gasteiger partial charge < -0.3 is 0 Å². The molecule has 0 fully saturated rings. The van der Waals surface area contributed by atoms with Gasteiger partial charge in [0, 0.05) is 19.5 Å². The third-order valence-electron chi connectivity index (χ3n) is 2.48. The molecule has 0 N–H and O–H groups in total. The number of rotatable bonds is 9. The Morgan fingerprint density at radius 2 is 0.929 bits per heavy atom. The van der Waals surface area contributed by atoms with Gasteiger partial charge in [0.2, 0.25) is 0 Å². The molecule has 0 aromatic heterocycles. The van der Waals surface area contributed by atoms with Crippen LogP contribution < -0.4 is 0 Å². The fraction of sp³-hybridized carbons (Fsp3) is 1.00. The molecule has 0 aliphatic carbocycles. The van der Waals surface area contributed by atoms with E-state index in [0.29, 0.717) is 7.92 Å². The van der Waals surface area contributed by atoms with Crippen LogP contribution in [0.3, 0.4) is 0 Å². The van der Waals surface area contributed by atoms with Crippen LogP contribution in [0.15, 0.2) is 0 Å². The molecular formula is C12H27PRh. The summed E-state index contributed by atoms with van der Waals surface area (Å²) in [6.07, 6.45) is 13.2. The molecule has 0 aliphatic heterocycles. The van der Waals surface area contributed by atoms with Crippen molar-refractivity contribution in [2.45, 2.75) is 59.3 Å². The average molecular weight is 305 g/mol. The minimum absolute atomic E-state index is 0. The molecule has 0 unspecified atom stereocenters. The van der Waals surface area contributed by atoms with Gasteiger partial charge in [-0.3, -0.25) is 0 Å². The van der Waals surface area contributed by atoms with Crippen LogP contribution in [0.4, 0.5) is 0 Å². The summed E-state index contributed by atoms with van der Waals surface area (Å²) in [4.78, 5) is 0. The van der Waals surface area contributed by atoms with E-state index < -0.39 is 0 Å². The van der Waals surface area contributed by atoms with Gasteiger partial charge in [-0.25, -0.2) is 0 Å². The van der Waals surface area contributed by atoms with E-state index in [1.54, 1.807) is 18.5 Å². The molecule has 14 heavy (non-hydrogen) atoms. The summed E-state index contributed by atoms with van der Waals surface area (Å²) in [5.41, 5.74) is 0. The smallest absolute Gasteiger partial charge is 0 e. The number of hydrogen-bond acceptors (Lipinski definition) is 0. The molecule has 0 saturated carbocycles. The molecule has 0 amide bonds. The second kappa shape index (κ2) is 14.1. The first kappa shape index (κ1) is 17.4. The van der Waals surface area contributed by atoms with Crippen molar-refractivity contribution in [3.05, 3.63) is 0 Å². The molecular weight excluding hydrogens is 278 g/mol. The first-order chi connectivity index (χ1) is 6.35. The standard InChI is InChI=1S/C12H27P.Rh/c1-4-7-10-13(11-8-5-2)12-9-6-3;/h4-12H2,1-3H3;. The molecule has 0 atom stereocenters. The number of unbranched alkanes of at least 4 members (excludes halogenated alkanes) is 3. The Hall–Kier alpha value is 1.05. The molecule has 0 aromatic carbocycles. The molecule has 0 aromatic rings. The zero-order chi connectivity index (χ0) is 9.94. The van der Waals surface area contributed by atoms with Gasteiger partial charge in [0.05, 0.1) is 0 Å². The molecule has 89 valence electrons. The summed E-state index contributed by atoms with van der Waals surface area (Å²) in [5, 5.41) is 0. The Morgan fingerprint density at radius 3 is 1.14 bits per heavy atom. The maximum atomic E-state index is 2.31. The van der Waals surface area contributed by atoms with Crippen molar-refractivity contribution in [2.24, 2.45) is 0 Å². The van der Waals surface area contributed by atoms with Gasteiger partial charge in [0.1, 0.15) is 0 Å². The van der Waals surface area contributed by atoms with Gasteiger partial charge in [-0.1, -0.05) is 40.0 Å². The summed E-state index contributed by atoms with van der Waals surface area (Å²) in [7, 11) is 0.422. The van der Waals surface area contributed by atoms with Crippen LogP contribution in [0, 0.1) is 0 Å². The molecule has 1 radical (unpaired) electrons. The van der Waals surface area contributed by atoms with Crippen LogP contribution in [0.25, 0.3) is 0 Å². The van der Waals surface area contributed by atoms with Crippen molar-refractivity contribution in [1.82, 2.24) is 0 Å². The molecule has 2 heteroatoms. The zero-order valence-electron chi connectivity index (χ0n) is 10.1. The topological polar surface area (TPSA) is 0 Å². The first-order valence-electron chi connectivity index (χ1n) is 6.07. The van der Waals surface area contributed by atoms with E-state index in [0.717, 1.165) is 0 Å². The van der Waals surface area contributed by atoms with Crippen LogP contribution in [0.1, 0.15) is 59.3 Å². The Bertz CT molecular complexity index is 77.3. The van der Waals surface area contributed by atoms with Crippen LogP contribution in [-0.2, 0) is 19.5 Å². The summed E-state index contributed by atoms with van der Waals surface area (Å²) in [6, 6.07) is 0. The minimum Gasteiger partial charge on any atom is -0.107 e. The zero-order valence-corrected chi connectivity index (χ0v) is 12.7. The third-order valence-corrected chi connectivity index (χ3v) is 5.33. The van der Waals surface area contributed by atoms with Crippen LogP contribution >= 0.6 is 7.92 Å². The van der Waals surface area contributed by atoms with Gasteiger partial charge in [0.25, 0.3) is 0 Å². The Morgan fingerprint density at radius 1 is 0.643 bits per heavy atom. The van der Waals surface area contributed by atoms with E-state index in [2.05, 4.69) is 20.8 Å². The van der Waals surface area contributed by atoms with E-state index in [-0.39, 0.29) is 19.5 Å². The summed E-state index contributed by atoms with van der Waals surface area (Å²) in [6.45, 7) is 6.94. The fourth-order valence-electron chi connectivity index (χ4n) is 1.48. The summed E-state index contributed by atoms with van der Waals surface area (Å²) >= 11 is 0. The van der Waals surface area contributed by atoms with Crippen LogP contribution in [0.2, 0.25) is 0 Å². The van der Waals surface area contributed by atoms with Crippen molar-refractivity contribution >= 4 is 7.92 Å². The number of hydrogen-bond donors (Lipinski definition) is 0. The van der Waals surface area contributed by atoms with Gasteiger partial charge in [-0.15, -0.1) is 7.92 Å². The molecule has 0 spiro atoms. The average Bonchev–Trinajstić information content (AvgIpc) is 2.17. The molecule has 0 heterocycles. The molecule has 0 saturated heterocycles. The van der Waals surface area contributed by atoms with Crippen molar-refractivity contribution in [3.8, 4) is 0 Å². The van der Waals surface area contributed by atoms with E-state index >= 15 is 0 Å². The van der Waals surface area contributed by atoms with Gasteiger partial charge >= 0.3 is 0 Å². The van der Waals surface area contributed by atoms with E-state index in [1.165, 1.54) is 38.5 Å². The van der Waals surface area contributed by atoms with E-state index in [1.807, 2.05) is 0 Å². The largest absolute Gasteiger partial charge is 0.107 e. The Balaban J connectivity index is 0. The fourth-order valence-corrected chi connectivity index (χ4v) is 4.44. The van der Waals surface area contributed by atoms with Gasteiger partial charge in [-0.2, -0.15) is 0 Å². The summed E-state index contributed by atoms with van der Waals surface area (Å²) in [5.74, 6) is 0. The van der Waals surface area contributed by atoms with Gasteiger partial charge in [0.15, 0.2) is 0 Å². The van der Waals surface area contributed by atoms with Gasteiger partial charge in [-0.05, 0) is 37.7 Å². The summed E-state index contributed by atoms with van der Waals surface area (Å²) < 4.78 is 0. The second-order valence-corrected chi connectivity index (χ2v) is 6.59. The van der Waals surface area contributed by atoms with Crippen molar-refractivity contribution < 1.29 is 19.5 Å². The quantitative estimate of drug-likeness (QED) is 0.421. The van der Waals surface area contributed by atoms with E-state index in [9.17, 15) is 0 Å². The molecule has 0 bridgehead atoms.